The lowest BCUT2D eigenvalue weighted by Gasteiger charge is -2.27. The molecule has 0 radical (unpaired) electrons. The number of benzene rings is 2. The van der Waals surface area contributed by atoms with Gasteiger partial charge in [0, 0.05) is 25.3 Å². The highest BCUT2D eigenvalue weighted by Gasteiger charge is 2.28. The van der Waals surface area contributed by atoms with Gasteiger partial charge in [-0.2, -0.15) is 4.31 Å². The lowest BCUT2D eigenvalue weighted by atomic mass is 10.1. The third-order valence-electron chi connectivity index (χ3n) is 5.95. The van der Waals surface area contributed by atoms with Crippen molar-refractivity contribution in [3.05, 3.63) is 47.5 Å². The second-order valence-electron chi connectivity index (χ2n) is 8.26. The molecule has 2 aromatic rings. The number of carbonyl (C=O) groups excluding carboxylic acids is 1. The molecule has 1 fully saturated rings. The summed E-state index contributed by atoms with van der Waals surface area (Å²) in [5, 5.41) is 2.86. The Balaban J connectivity index is 1.43. The van der Waals surface area contributed by atoms with Crippen molar-refractivity contribution in [3.8, 4) is 11.5 Å². The second-order valence-corrected chi connectivity index (χ2v) is 10.2. The van der Waals surface area contributed by atoms with Gasteiger partial charge in [-0.25, -0.2) is 8.42 Å². The smallest absolute Gasteiger partial charge is 0.243 e. The minimum absolute atomic E-state index is 0.198. The molecule has 0 bridgehead atoms. The maximum Gasteiger partial charge on any atom is 0.243 e. The van der Waals surface area contributed by atoms with E-state index >= 15 is 0 Å². The summed E-state index contributed by atoms with van der Waals surface area (Å²) in [5.74, 6) is 1.19. The van der Waals surface area contributed by atoms with Crippen molar-refractivity contribution in [1.82, 2.24) is 9.21 Å². The Morgan fingerprint density at radius 2 is 1.85 bits per heavy atom. The maximum absolute atomic E-state index is 13.1. The third-order valence-corrected chi connectivity index (χ3v) is 7.99. The summed E-state index contributed by atoms with van der Waals surface area (Å²) in [6.45, 7) is 5.70. The minimum atomic E-state index is -3.66. The molecule has 0 saturated carbocycles. The number of carbonyl (C=O) groups is 1. The number of hydrogen-bond donors (Lipinski definition) is 1. The van der Waals surface area contributed by atoms with Gasteiger partial charge in [0.25, 0.3) is 0 Å². The highest BCUT2D eigenvalue weighted by Crippen LogP contribution is 2.33. The fourth-order valence-electron chi connectivity index (χ4n) is 3.79. The van der Waals surface area contributed by atoms with Crippen molar-refractivity contribution in [2.45, 2.75) is 31.3 Å². The first-order valence-electron chi connectivity index (χ1n) is 10.8. The van der Waals surface area contributed by atoms with Gasteiger partial charge in [-0.1, -0.05) is 12.1 Å². The van der Waals surface area contributed by atoms with Gasteiger partial charge in [0.15, 0.2) is 11.5 Å². The summed E-state index contributed by atoms with van der Waals surface area (Å²) < 4.78 is 43.7. The molecule has 2 aliphatic heterocycles. The summed E-state index contributed by atoms with van der Waals surface area (Å²) in [4.78, 5) is 15.0. The average Bonchev–Trinajstić information content (AvgIpc) is 3.28. The number of aryl methyl sites for hydroxylation is 1. The number of hydrogen-bond acceptors (Lipinski definition) is 7. The first-order valence-corrected chi connectivity index (χ1v) is 12.3. The van der Waals surface area contributed by atoms with Crippen LogP contribution < -0.4 is 14.8 Å². The summed E-state index contributed by atoms with van der Waals surface area (Å²) in [6, 6.07) is 10.2. The minimum Gasteiger partial charge on any atom is -0.454 e. The zero-order chi connectivity index (χ0) is 23.6. The van der Waals surface area contributed by atoms with Crippen LogP contribution in [0.3, 0.4) is 0 Å². The number of nitrogens with one attached hydrogen (secondary N) is 1. The Labute approximate surface area is 194 Å². The van der Waals surface area contributed by atoms with Crippen LogP contribution in [-0.2, 0) is 26.1 Å². The number of ether oxygens (including phenoxy) is 3. The predicted octanol–water partition coefficient (Wildman–Crippen LogP) is 2.20. The molecule has 178 valence electrons. The lowest BCUT2D eigenvalue weighted by Crippen LogP contribution is -2.41. The number of anilines is 1. The number of rotatable bonds is 7. The molecule has 2 heterocycles. The van der Waals surface area contributed by atoms with Gasteiger partial charge >= 0.3 is 0 Å². The summed E-state index contributed by atoms with van der Waals surface area (Å²) in [5.41, 5.74) is 2.07. The van der Waals surface area contributed by atoms with E-state index in [-0.39, 0.29) is 17.6 Å². The highest BCUT2D eigenvalue weighted by molar-refractivity contribution is 7.89. The summed E-state index contributed by atoms with van der Waals surface area (Å²) >= 11 is 0. The van der Waals surface area contributed by atoms with Gasteiger partial charge in [-0.05, 0) is 56.3 Å². The fourth-order valence-corrected chi connectivity index (χ4v) is 5.45. The van der Waals surface area contributed by atoms with E-state index in [1.807, 2.05) is 37.1 Å². The molecule has 0 aliphatic carbocycles. The standard InChI is InChI=1S/C23H29N3O6S/c1-16-4-6-19(13-22(16)33(28,29)26-8-10-30-11-9-26)24-23(27)17(2)25(3)14-18-5-7-20-21(12-18)32-15-31-20/h4-7,12-13,17H,8-11,14-15H2,1-3H3,(H,24,27)/t17-/m0/s1. The number of sulfonamides is 1. The Hall–Kier alpha value is -2.66. The number of morpholine rings is 1. The molecule has 0 spiro atoms. The van der Waals surface area contributed by atoms with Crippen LogP contribution in [0.5, 0.6) is 11.5 Å². The SMILES string of the molecule is Cc1ccc(NC(=O)[C@H](C)N(C)Cc2ccc3c(c2)OCO3)cc1S(=O)(=O)N1CCOCC1. The van der Waals surface area contributed by atoms with E-state index in [4.69, 9.17) is 14.2 Å². The topological polar surface area (TPSA) is 97.4 Å². The molecule has 1 amide bonds. The second kappa shape index (κ2) is 9.68. The van der Waals surface area contributed by atoms with Crippen molar-refractivity contribution in [2.24, 2.45) is 0 Å². The van der Waals surface area contributed by atoms with E-state index in [2.05, 4.69) is 5.32 Å². The number of amides is 1. The van der Waals surface area contributed by atoms with E-state index in [1.165, 1.54) is 10.4 Å². The van der Waals surface area contributed by atoms with Gasteiger partial charge in [0.2, 0.25) is 22.7 Å². The Bertz CT molecular complexity index is 1130. The number of likely N-dealkylation sites (N-methyl/N-ethyl adjacent to an activating group) is 1. The van der Waals surface area contributed by atoms with Crippen LogP contribution in [0.2, 0.25) is 0 Å². The quantitative estimate of drug-likeness (QED) is 0.656. The molecule has 33 heavy (non-hydrogen) atoms. The van der Waals surface area contributed by atoms with Crippen LogP contribution in [0.25, 0.3) is 0 Å². The monoisotopic (exact) mass is 475 g/mol. The molecule has 1 atom stereocenters. The number of nitrogens with zero attached hydrogens (tertiary/aromatic N) is 2. The first kappa shape index (κ1) is 23.5. The molecule has 2 aliphatic rings. The molecule has 1 N–H and O–H groups in total. The third kappa shape index (κ3) is 5.14. The Kier molecular flexibility index (Phi) is 6.89. The zero-order valence-corrected chi connectivity index (χ0v) is 19.9. The molecule has 4 rings (SSSR count). The van der Waals surface area contributed by atoms with Gasteiger partial charge in [-0.15, -0.1) is 0 Å². The van der Waals surface area contributed by atoms with Crippen LogP contribution in [0, 0.1) is 6.92 Å². The van der Waals surface area contributed by atoms with Crippen LogP contribution in [0.1, 0.15) is 18.1 Å². The van der Waals surface area contributed by atoms with Gasteiger partial charge in [0.05, 0.1) is 24.2 Å². The van der Waals surface area contributed by atoms with Crippen molar-refractivity contribution in [3.63, 3.8) is 0 Å². The van der Waals surface area contributed by atoms with E-state index < -0.39 is 16.1 Å². The largest absolute Gasteiger partial charge is 0.454 e. The lowest BCUT2D eigenvalue weighted by molar-refractivity contribution is -0.120. The van der Waals surface area contributed by atoms with E-state index in [1.54, 1.807) is 19.1 Å². The first-order chi connectivity index (χ1) is 15.8. The Morgan fingerprint density at radius 3 is 2.61 bits per heavy atom. The Morgan fingerprint density at radius 1 is 1.12 bits per heavy atom. The van der Waals surface area contributed by atoms with Crippen LogP contribution >= 0.6 is 0 Å². The van der Waals surface area contributed by atoms with Crippen LogP contribution in [-0.4, -0.2) is 69.7 Å². The van der Waals surface area contributed by atoms with Crippen molar-refractivity contribution >= 4 is 21.6 Å². The fraction of sp³-hybridized carbons (Fsp3) is 0.435. The summed E-state index contributed by atoms with van der Waals surface area (Å²) in [7, 11) is -1.80. The van der Waals surface area contributed by atoms with Crippen LogP contribution in [0.15, 0.2) is 41.3 Å². The molecule has 1 saturated heterocycles. The normalized spacial score (nSPS) is 17.2. The predicted molar refractivity (Wildman–Crippen MR) is 123 cm³/mol. The zero-order valence-electron chi connectivity index (χ0n) is 19.0. The molecule has 2 aromatic carbocycles. The maximum atomic E-state index is 13.1. The summed E-state index contributed by atoms with van der Waals surface area (Å²) in [6.07, 6.45) is 0. The van der Waals surface area contributed by atoms with Crippen molar-refractivity contribution in [1.29, 1.82) is 0 Å². The molecule has 10 heteroatoms. The molecular weight excluding hydrogens is 446 g/mol. The molecular formula is C23H29N3O6S. The van der Waals surface area contributed by atoms with Gasteiger partial charge in [-0.3, -0.25) is 9.69 Å². The molecule has 0 aromatic heterocycles. The number of fused-ring (bicyclic) bond motifs is 1. The average molecular weight is 476 g/mol. The highest BCUT2D eigenvalue weighted by atomic mass is 32.2. The van der Waals surface area contributed by atoms with Crippen molar-refractivity contribution in [2.75, 3.05) is 45.5 Å². The van der Waals surface area contributed by atoms with Crippen molar-refractivity contribution < 1.29 is 27.4 Å². The van der Waals surface area contributed by atoms with E-state index in [9.17, 15) is 13.2 Å². The van der Waals surface area contributed by atoms with Gasteiger partial charge in [0.1, 0.15) is 0 Å². The van der Waals surface area contributed by atoms with Gasteiger partial charge < -0.3 is 19.5 Å². The van der Waals surface area contributed by atoms with E-state index in [0.717, 1.165) is 11.3 Å². The van der Waals surface area contributed by atoms with Crippen LogP contribution in [0.4, 0.5) is 5.69 Å². The van der Waals surface area contributed by atoms with E-state index in [0.29, 0.717) is 49.8 Å². The molecule has 9 nitrogen and oxygen atoms in total. The molecule has 0 unspecified atom stereocenters.